The van der Waals surface area contributed by atoms with E-state index in [4.69, 9.17) is 0 Å². The minimum Gasteiger partial charge on any atom is -0.507 e. The number of rotatable bonds is 4. The van der Waals surface area contributed by atoms with Gasteiger partial charge in [0.25, 0.3) is 17.4 Å². The van der Waals surface area contributed by atoms with Gasteiger partial charge in [-0.1, -0.05) is 48.0 Å². The fourth-order valence-electron chi connectivity index (χ4n) is 3.92. The number of aliphatic hydroxyl groups is 1. The Morgan fingerprint density at radius 3 is 2.29 bits per heavy atom. The molecule has 1 aliphatic rings. The fraction of sp³-hybridized carbons (Fsp3) is 0.120. The number of nitro benzene ring substituents is 1. The predicted molar refractivity (Wildman–Crippen MR) is 121 cm³/mol. The summed E-state index contributed by atoms with van der Waals surface area (Å²) in [6.45, 7) is 1.81. The molecule has 3 aromatic rings. The van der Waals surface area contributed by atoms with Gasteiger partial charge in [0.05, 0.1) is 22.1 Å². The third-order valence-corrected chi connectivity index (χ3v) is 5.62. The van der Waals surface area contributed by atoms with Crippen molar-refractivity contribution in [2.24, 2.45) is 0 Å². The van der Waals surface area contributed by atoms with Gasteiger partial charge >= 0.3 is 6.18 Å². The molecule has 35 heavy (non-hydrogen) atoms. The molecule has 0 unspecified atom stereocenters. The zero-order valence-corrected chi connectivity index (χ0v) is 18.1. The number of amides is 1. The monoisotopic (exact) mass is 482 g/mol. The number of aliphatic hydroxyl groups excluding tert-OH is 1. The van der Waals surface area contributed by atoms with Crippen LogP contribution in [0.1, 0.15) is 28.3 Å². The molecule has 1 fully saturated rings. The Labute approximate surface area is 196 Å². The molecule has 178 valence electrons. The largest absolute Gasteiger partial charge is 0.507 e. The topological polar surface area (TPSA) is 101 Å². The summed E-state index contributed by atoms with van der Waals surface area (Å²) in [5, 5.41) is 22.4. The lowest BCUT2D eigenvalue weighted by Gasteiger charge is -2.26. The predicted octanol–water partition coefficient (Wildman–Crippen LogP) is 5.55. The van der Waals surface area contributed by atoms with Crippen LogP contribution in [0.3, 0.4) is 0 Å². The maximum absolute atomic E-state index is 13.4. The molecule has 0 spiro atoms. The molecule has 0 aromatic heterocycles. The summed E-state index contributed by atoms with van der Waals surface area (Å²) in [5.41, 5.74) is -0.905. The van der Waals surface area contributed by atoms with Gasteiger partial charge in [0.1, 0.15) is 5.76 Å². The van der Waals surface area contributed by atoms with Crippen LogP contribution in [-0.2, 0) is 15.8 Å². The van der Waals surface area contributed by atoms with Gasteiger partial charge in [-0.15, -0.1) is 0 Å². The average Bonchev–Trinajstić information content (AvgIpc) is 3.09. The second kappa shape index (κ2) is 8.71. The summed E-state index contributed by atoms with van der Waals surface area (Å²) >= 11 is 0. The molecule has 1 saturated heterocycles. The summed E-state index contributed by atoms with van der Waals surface area (Å²) in [6.07, 6.45) is -4.72. The highest BCUT2D eigenvalue weighted by atomic mass is 19.4. The first-order chi connectivity index (χ1) is 16.5. The molecule has 7 nitrogen and oxygen atoms in total. The normalized spacial score (nSPS) is 17.6. The van der Waals surface area contributed by atoms with Crippen LogP contribution < -0.4 is 4.90 Å². The first-order valence-corrected chi connectivity index (χ1v) is 10.3. The van der Waals surface area contributed by atoms with Crippen LogP contribution in [-0.4, -0.2) is 21.7 Å². The van der Waals surface area contributed by atoms with E-state index in [0.29, 0.717) is 6.07 Å². The van der Waals surface area contributed by atoms with E-state index in [1.54, 1.807) is 19.1 Å². The number of Topliss-reactive ketones (excluding diaryl/α,β-unsaturated/α-hetero) is 1. The third kappa shape index (κ3) is 4.37. The Morgan fingerprint density at radius 1 is 1.00 bits per heavy atom. The Bertz CT molecular complexity index is 1380. The number of non-ortho nitro benzene ring substituents is 1. The van der Waals surface area contributed by atoms with E-state index in [0.717, 1.165) is 28.7 Å². The summed E-state index contributed by atoms with van der Waals surface area (Å²) in [6, 6.07) is 13.8. The van der Waals surface area contributed by atoms with Crippen LogP contribution in [0.2, 0.25) is 0 Å². The van der Waals surface area contributed by atoms with Crippen molar-refractivity contribution in [2.45, 2.75) is 19.1 Å². The highest BCUT2D eigenvalue weighted by Crippen LogP contribution is 2.44. The zero-order chi connectivity index (χ0) is 25.5. The molecule has 1 aliphatic heterocycles. The van der Waals surface area contributed by atoms with Crippen LogP contribution in [0.4, 0.5) is 24.5 Å². The number of alkyl halides is 3. The lowest BCUT2D eigenvalue weighted by Crippen LogP contribution is -2.29. The van der Waals surface area contributed by atoms with E-state index in [2.05, 4.69) is 0 Å². The Morgan fingerprint density at radius 2 is 1.66 bits per heavy atom. The summed E-state index contributed by atoms with van der Waals surface area (Å²) < 4.78 is 40.1. The summed E-state index contributed by atoms with van der Waals surface area (Å²) in [4.78, 5) is 37.7. The molecule has 1 amide bonds. The van der Waals surface area contributed by atoms with Crippen molar-refractivity contribution in [3.05, 3.63) is 111 Å². The van der Waals surface area contributed by atoms with E-state index < -0.39 is 45.7 Å². The molecule has 0 radical (unpaired) electrons. The van der Waals surface area contributed by atoms with Crippen molar-refractivity contribution in [3.63, 3.8) is 0 Å². The maximum Gasteiger partial charge on any atom is 0.416 e. The Hall–Kier alpha value is -4.47. The van der Waals surface area contributed by atoms with Crippen LogP contribution in [0.5, 0.6) is 0 Å². The second-order valence-corrected chi connectivity index (χ2v) is 7.94. The van der Waals surface area contributed by atoms with Gasteiger partial charge in [-0.05, 0) is 30.7 Å². The van der Waals surface area contributed by atoms with Crippen LogP contribution >= 0.6 is 0 Å². The number of nitro groups is 1. The molecule has 0 aliphatic carbocycles. The number of benzene rings is 3. The Kier molecular flexibility index (Phi) is 5.89. The standard InChI is InChI=1S/C25H17F3N2O5/c1-14-8-10-15(11-9-14)22(31)20-21(16-4-2-7-19(12-16)30(34)35)29(24(33)23(20)32)18-6-3-5-17(13-18)25(26,27)28/h2-13,21,31H,1H3/t21-/m1/s1. The summed E-state index contributed by atoms with van der Waals surface area (Å²) in [5.74, 6) is -2.85. The number of anilines is 1. The molecular formula is C25H17F3N2O5. The van der Waals surface area contributed by atoms with Crippen LogP contribution in [0.25, 0.3) is 5.76 Å². The first-order valence-electron chi connectivity index (χ1n) is 10.3. The molecule has 1 atom stereocenters. The van der Waals surface area contributed by atoms with Crippen LogP contribution in [0.15, 0.2) is 78.4 Å². The SMILES string of the molecule is Cc1ccc(C(O)=C2C(=O)C(=O)N(c3cccc(C(F)(F)F)c3)[C@@H]2c2cccc([N+](=O)[O-])c2)cc1. The zero-order valence-electron chi connectivity index (χ0n) is 18.1. The van der Waals surface area contributed by atoms with Gasteiger partial charge in [-0.25, -0.2) is 0 Å². The fourth-order valence-corrected chi connectivity index (χ4v) is 3.92. The van der Waals surface area contributed by atoms with Gasteiger partial charge in [-0.3, -0.25) is 24.6 Å². The maximum atomic E-state index is 13.4. The first kappa shape index (κ1) is 23.7. The van der Waals surface area contributed by atoms with E-state index >= 15 is 0 Å². The number of carbonyl (C=O) groups is 2. The number of ketones is 1. The lowest BCUT2D eigenvalue weighted by atomic mass is 9.94. The quantitative estimate of drug-likeness (QED) is 0.173. The number of carbonyl (C=O) groups excluding carboxylic acids is 2. The molecule has 1 heterocycles. The van der Waals surface area contributed by atoms with Gasteiger partial charge in [0, 0.05) is 23.4 Å². The van der Waals surface area contributed by atoms with Gasteiger partial charge in [0.15, 0.2) is 0 Å². The van der Waals surface area contributed by atoms with Crippen molar-refractivity contribution >= 4 is 28.8 Å². The highest BCUT2D eigenvalue weighted by molar-refractivity contribution is 6.51. The van der Waals surface area contributed by atoms with Crippen LogP contribution in [0, 0.1) is 17.0 Å². The minimum absolute atomic E-state index is 0.0736. The van der Waals surface area contributed by atoms with Gasteiger partial charge in [-0.2, -0.15) is 13.2 Å². The highest BCUT2D eigenvalue weighted by Gasteiger charge is 2.47. The van der Waals surface area contributed by atoms with Crippen molar-refractivity contribution < 1.29 is 32.8 Å². The van der Waals surface area contributed by atoms with Gasteiger partial charge < -0.3 is 5.11 Å². The average molecular weight is 482 g/mol. The molecule has 3 aromatic carbocycles. The molecule has 4 rings (SSSR count). The number of hydrogen-bond acceptors (Lipinski definition) is 5. The number of aryl methyl sites for hydroxylation is 1. The molecule has 0 bridgehead atoms. The van der Waals surface area contributed by atoms with Crippen molar-refractivity contribution in [2.75, 3.05) is 4.90 Å². The van der Waals surface area contributed by atoms with Crippen molar-refractivity contribution in [1.82, 2.24) is 0 Å². The molecular weight excluding hydrogens is 465 g/mol. The van der Waals surface area contributed by atoms with E-state index in [1.165, 1.54) is 36.4 Å². The molecule has 1 N–H and O–H groups in total. The number of nitrogens with zero attached hydrogens (tertiary/aromatic N) is 2. The third-order valence-electron chi connectivity index (χ3n) is 5.62. The second-order valence-electron chi connectivity index (χ2n) is 7.94. The number of hydrogen-bond donors (Lipinski definition) is 1. The van der Waals surface area contributed by atoms with E-state index in [-0.39, 0.29) is 22.5 Å². The van der Waals surface area contributed by atoms with Crippen molar-refractivity contribution in [3.8, 4) is 0 Å². The number of halogens is 3. The molecule has 0 saturated carbocycles. The summed E-state index contributed by atoms with van der Waals surface area (Å²) in [7, 11) is 0. The Balaban J connectivity index is 1.97. The minimum atomic E-state index is -4.72. The smallest absolute Gasteiger partial charge is 0.416 e. The molecule has 10 heteroatoms. The lowest BCUT2D eigenvalue weighted by molar-refractivity contribution is -0.384. The van der Waals surface area contributed by atoms with Gasteiger partial charge in [0.2, 0.25) is 0 Å². The van der Waals surface area contributed by atoms with E-state index in [1.807, 2.05) is 0 Å². The van der Waals surface area contributed by atoms with Crippen molar-refractivity contribution in [1.29, 1.82) is 0 Å². The van der Waals surface area contributed by atoms with E-state index in [9.17, 15) is 38.0 Å².